The van der Waals surface area contributed by atoms with Crippen LogP contribution in [0.25, 0.3) is 0 Å². The summed E-state index contributed by atoms with van der Waals surface area (Å²) in [6.45, 7) is 9.67. The monoisotopic (exact) mass is 333 g/mol. The molecular weight excluding hydrogens is 302 g/mol. The van der Waals surface area contributed by atoms with Crippen molar-refractivity contribution in [1.82, 2.24) is 4.90 Å². The van der Waals surface area contributed by atoms with Crippen LogP contribution in [0.2, 0.25) is 0 Å². The summed E-state index contributed by atoms with van der Waals surface area (Å²) >= 11 is 1.90. The normalized spacial score (nSPS) is 19.3. The van der Waals surface area contributed by atoms with Crippen LogP contribution in [0.15, 0.2) is 24.3 Å². The number of rotatable bonds is 7. The molecule has 1 aromatic carbocycles. The Balaban J connectivity index is 2.11. The van der Waals surface area contributed by atoms with E-state index in [1.807, 2.05) is 11.8 Å². The zero-order chi connectivity index (χ0) is 16.8. The Hall–Kier alpha value is -0.960. The van der Waals surface area contributed by atoms with Gasteiger partial charge in [0.25, 0.3) is 0 Å². The van der Waals surface area contributed by atoms with Crippen molar-refractivity contribution in [1.29, 1.82) is 0 Å². The smallest absolute Gasteiger partial charge is 0.226 e. The van der Waals surface area contributed by atoms with Crippen molar-refractivity contribution in [2.75, 3.05) is 12.3 Å². The summed E-state index contributed by atoms with van der Waals surface area (Å²) in [7, 11) is 0. The number of benzene rings is 1. The minimum atomic E-state index is 0.200. The van der Waals surface area contributed by atoms with Crippen molar-refractivity contribution in [3.05, 3.63) is 35.4 Å². The molecule has 23 heavy (non-hydrogen) atoms. The molecule has 0 saturated carbocycles. The summed E-state index contributed by atoms with van der Waals surface area (Å²) in [4.78, 5) is 15.1. The summed E-state index contributed by atoms with van der Waals surface area (Å²) in [6, 6.07) is 8.86. The number of nitrogens with zero attached hydrogens (tertiary/aromatic N) is 1. The topological polar surface area (TPSA) is 20.3 Å². The SMILES string of the molecule is CCCC[C@@H](CC)C(=O)N1CCS[C@@H]1c1ccc(C(C)C)cc1. The third-order valence-corrected chi connectivity index (χ3v) is 6.07. The fourth-order valence-corrected chi connectivity index (χ4v) is 4.47. The molecule has 1 aromatic rings. The van der Waals surface area contributed by atoms with E-state index in [0.717, 1.165) is 31.6 Å². The summed E-state index contributed by atoms with van der Waals surface area (Å²) in [5.74, 6) is 2.17. The molecule has 2 atom stereocenters. The number of unbranched alkanes of at least 4 members (excludes halogenated alkanes) is 1. The van der Waals surface area contributed by atoms with Gasteiger partial charge in [-0.15, -0.1) is 11.8 Å². The van der Waals surface area contributed by atoms with E-state index in [2.05, 4.69) is 56.9 Å². The lowest BCUT2D eigenvalue weighted by atomic mass is 9.97. The molecule has 1 amide bonds. The van der Waals surface area contributed by atoms with E-state index < -0.39 is 0 Å². The third kappa shape index (κ3) is 4.53. The predicted octanol–water partition coefficient (Wildman–Crippen LogP) is 5.60. The van der Waals surface area contributed by atoms with Gasteiger partial charge < -0.3 is 4.90 Å². The van der Waals surface area contributed by atoms with Gasteiger partial charge in [-0.25, -0.2) is 0 Å². The Kier molecular flexibility index (Phi) is 7.01. The van der Waals surface area contributed by atoms with Gasteiger partial charge in [-0.3, -0.25) is 4.79 Å². The molecule has 1 heterocycles. The first-order valence-corrected chi connectivity index (χ1v) is 10.1. The zero-order valence-corrected chi connectivity index (χ0v) is 15.9. The molecule has 0 N–H and O–H groups in total. The summed E-state index contributed by atoms with van der Waals surface area (Å²) in [5, 5.41) is 0.208. The second-order valence-electron chi connectivity index (χ2n) is 6.82. The molecule has 1 saturated heterocycles. The molecule has 1 fully saturated rings. The molecule has 2 nitrogen and oxygen atoms in total. The van der Waals surface area contributed by atoms with Gasteiger partial charge in [-0.1, -0.05) is 64.8 Å². The fraction of sp³-hybridized carbons (Fsp3) is 0.650. The maximum absolute atomic E-state index is 13.0. The summed E-state index contributed by atoms with van der Waals surface area (Å²) in [6.07, 6.45) is 4.31. The Morgan fingerprint density at radius 3 is 2.52 bits per heavy atom. The van der Waals surface area contributed by atoms with Crippen LogP contribution < -0.4 is 0 Å². The van der Waals surface area contributed by atoms with E-state index in [9.17, 15) is 4.79 Å². The highest BCUT2D eigenvalue weighted by molar-refractivity contribution is 7.99. The van der Waals surface area contributed by atoms with Crippen LogP contribution in [0.5, 0.6) is 0 Å². The average molecular weight is 334 g/mol. The quantitative estimate of drug-likeness (QED) is 0.647. The summed E-state index contributed by atoms with van der Waals surface area (Å²) < 4.78 is 0. The zero-order valence-electron chi connectivity index (χ0n) is 15.0. The number of thioether (sulfide) groups is 1. The number of hydrogen-bond donors (Lipinski definition) is 0. The lowest BCUT2D eigenvalue weighted by molar-refractivity contribution is -0.136. The van der Waals surface area contributed by atoms with Crippen LogP contribution in [0, 0.1) is 5.92 Å². The van der Waals surface area contributed by atoms with Gasteiger partial charge in [0.1, 0.15) is 5.37 Å². The van der Waals surface area contributed by atoms with Crippen LogP contribution in [0.3, 0.4) is 0 Å². The second-order valence-corrected chi connectivity index (χ2v) is 8.01. The van der Waals surface area contributed by atoms with Gasteiger partial charge in [0.2, 0.25) is 5.91 Å². The van der Waals surface area contributed by atoms with Crippen LogP contribution in [-0.2, 0) is 4.79 Å². The molecular formula is C20H31NOS. The highest BCUT2D eigenvalue weighted by Gasteiger charge is 2.33. The van der Waals surface area contributed by atoms with Gasteiger partial charge in [0, 0.05) is 18.2 Å². The van der Waals surface area contributed by atoms with Crippen LogP contribution in [-0.4, -0.2) is 23.1 Å². The Bertz CT molecular complexity index is 497. The standard InChI is InChI=1S/C20H31NOS/c1-5-7-8-16(6-2)19(22)21-13-14-23-20(21)18-11-9-17(10-12-18)15(3)4/h9-12,15-16,20H,5-8,13-14H2,1-4H3/t16-,20-/m1/s1. The molecule has 0 aromatic heterocycles. The largest absolute Gasteiger partial charge is 0.325 e. The minimum Gasteiger partial charge on any atom is -0.325 e. The maximum atomic E-state index is 13.0. The Labute approximate surface area is 146 Å². The van der Waals surface area contributed by atoms with E-state index in [1.54, 1.807) is 0 Å². The minimum absolute atomic E-state index is 0.200. The van der Waals surface area contributed by atoms with E-state index in [0.29, 0.717) is 11.8 Å². The van der Waals surface area contributed by atoms with E-state index >= 15 is 0 Å². The molecule has 0 unspecified atom stereocenters. The molecule has 0 bridgehead atoms. The maximum Gasteiger partial charge on any atom is 0.226 e. The van der Waals surface area contributed by atoms with Crippen LogP contribution in [0.1, 0.15) is 75.8 Å². The molecule has 0 radical (unpaired) electrons. The molecule has 3 heteroatoms. The first-order valence-electron chi connectivity index (χ1n) is 9.10. The molecule has 1 aliphatic heterocycles. The van der Waals surface area contributed by atoms with Gasteiger partial charge in [0.05, 0.1) is 0 Å². The van der Waals surface area contributed by atoms with Crippen molar-refractivity contribution in [3.63, 3.8) is 0 Å². The van der Waals surface area contributed by atoms with Crippen LogP contribution >= 0.6 is 11.8 Å². The fourth-order valence-electron chi connectivity index (χ4n) is 3.20. The predicted molar refractivity (Wildman–Crippen MR) is 101 cm³/mol. The van der Waals surface area contributed by atoms with Crippen molar-refractivity contribution in [2.45, 2.75) is 64.7 Å². The lowest BCUT2D eigenvalue weighted by Crippen LogP contribution is -2.35. The lowest BCUT2D eigenvalue weighted by Gasteiger charge is -2.28. The number of amides is 1. The Morgan fingerprint density at radius 2 is 1.96 bits per heavy atom. The van der Waals surface area contributed by atoms with E-state index in [-0.39, 0.29) is 11.3 Å². The first-order chi connectivity index (χ1) is 11.1. The Morgan fingerprint density at radius 1 is 1.26 bits per heavy atom. The molecule has 128 valence electrons. The van der Waals surface area contributed by atoms with Crippen LogP contribution in [0.4, 0.5) is 0 Å². The highest BCUT2D eigenvalue weighted by Crippen LogP contribution is 2.39. The van der Waals surface area contributed by atoms with Gasteiger partial charge in [-0.2, -0.15) is 0 Å². The first kappa shape index (κ1) is 18.4. The average Bonchev–Trinajstić information content (AvgIpc) is 3.05. The van der Waals surface area contributed by atoms with Gasteiger partial charge >= 0.3 is 0 Å². The molecule has 0 spiro atoms. The number of carbonyl (C=O) groups is 1. The van der Waals surface area contributed by atoms with E-state index in [1.165, 1.54) is 17.5 Å². The van der Waals surface area contributed by atoms with Crippen molar-refractivity contribution >= 4 is 17.7 Å². The molecule has 2 rings (SSSR count). The van der Waals surface area contributed by atoms with Gasteiger partial charge in [0.15, 0.2) is 0 Å². The third-order valence-electron chi connectivity index (χ3n) is 4.81. The van der Waals surface area contributed by atoms with Crippen molar-refractivity contribution in [3.8, 4) is 0 Å². The van der Waals surface area contributed by atoms with Crippen molar-refractivity contribution in [2.24, 2.45) is 5.92 Å². The highest BCUT2D eigenvalue weighted by atomic mass is 32.2. The number of carbonyl (C=O) groups excluding carboxylic acids is 1. The van der Waals surface area contributed by atoms with E-state index in [4.69, 9.17) is 0 Å². The number of hydrogen-bond acceptors (Lipinski definition) is 2. The molecule has 1 aliphatic rings. The second kappa shape index (κ2) is 8.77. The summed E-state index contributed by atoms with van der Waals surface area (Å²) in [5.41, 5.74) is 2.64. The molecule has 0 aliphatic carbocycles. The van der Waals surface area contributed by atoms with Crippen molar-refractivity contribution < 1.29 is 4.79 Å². The van der Waals surface area contributed by atoms with Gasteiger partial charge in [-0.05, 0) is 29.9 Å².